The molecule has 1 aliphatic carbocycles. The first-order valence-electron chi connectivity index (χ1n) is 6.07. The van der Waals surface area contributed by atoms with Crippen molar-refractivity contribution in [3.05, 3.63) is 23.9 Å². The zero-order valence-corrected chi connectivity index (χ0v) is 10.8. The lowest BCUT2D eigenvalue weighted by Gasteiger charge is -2.20. The van der Waals surface area contributed by atoms with Gasteiger partial charge in [-0.05, 0) is 30.7 Å². The van der Waals surface area contributed by atoms with E-state index in [0.717, 1.165) is 5.82 Å². The normalized spacial score (nSPS) is 23.3. The van der Waals surface area contributed by atoms with E-state index in [4.69, 9.17) is 5.26 Å². The molecule has 1 heterocycles. The lowest BCUT2D eigenvalue weighted by molar-refractivity contribution is 0.762. The smallest absolute Gasteiger partial charge is 0.126 e. The van der Waals surface area contributed by atoms with E-state index in [-0.39, 0.29) is 0 Å². The van der Waals surface area contributed by atoms with Crippen molar-refractivity contribution in [2.45, 2.75) is 37.5 Å². The number of nitriles is 1. The number of pyridine rings is 1. The Morgan fingerprint density at radius 2 is 2.41 bits per heavy atom. The summed E-state index contributed by atoms with van der Waals surface area (Å²) in [5.74, 6) is 2.06. The highest BCUT2D eigenvalue weighted by Crippen LogP contribution is 2.31. The molecule has 0 unspecified atom stereocenters. The highest BCUT2D eigenvalue weighted by molar-refractivity contribution is 7.99. The van der Waals surface area contributed by atoms with Gasteiger partial charge in [-0.1, -0.05) is 13.3 Å². The van der Waals surface area contributed by atoms with Crippen molar-refractivity contribution in [2.75, 3.05) is 11.1 Å². The van der Waals surface area contributed by atoms with Gasteiger partial charge in [-0.25, -0.2) is 4.98 Å². The molecule has 0 radical (unpaired) electrons. The zero-order chi connectivity index (χ0) is 12.1. The van der Waals surface area contributed by atoms with Crippen LogP contribution in [0.3, 0.4) is 0 Å². The molecule has 1 aromatic heterocycles. The Kier molecular flexibility index (Phi) is 4.27. The maximum atomic E-state index is 8.71. The van der Waals surface area contributed by atoms with E-state index in [2.05, 4.69) is 23.3 Å². The van der Waals surface area contributed by atoms with Gasteiger partial charge in [0.25, 0.3) is 0 Å². The molecule has 0 aromatic carbocycles. The van der Waals surface area contributed by atoms with Gasteiger partial charge in [-0.2, -0.15) is 17.0 Å². The summed E-state index contributed by atoms with van der Waals surface area (Å²) in [6.07, 6.45) is 5.44. The third-order valence-corrected chi connectivity index (χ3v) is 4.38. The van der Waals surface area contributed by atoms with Crippen LogP contribution in [-0.4, -0.2) is 22.0 Å². The zero-order valence-electron chi connectivity index (χ0n) is 10.0. The summed E-state index contributed by atoms with van der Waals surface area (Å²) >= 11 is 2.03. The van der Waals surface area contributed by atoms with Gasteiger partial charge >= 0.3 is 0 Å². The quantitative estimate of drug-likeness (QED) is 0.888. The third-order valence-electron chi connectivity index (χ3n) is 3.06. The molecule has 1 aliphatic rings. The topological polar surface area (TPSA) is 48.7 Å². The number of nitrogens with zero attached hydrogens (tertiary/aromatic N) is 2. The van der Waals surface area contributed by atoms with Crippen molar-refractivity contribution in [2.24, 2.45) is 0 Å². The van der Waals surface area contributed by atoms with Crippen molar-refractivity contribution in [3.8, 4) is 6.07 Å². The highest BCUT2D eigenvalue weighted by atomic mass is 32.2. The summed E-state index contributed by atoms with van der Waals surface area (Å²) in [5, 5.41) is 12.9. The maximum Gasteiger partial charge on any atom is 0.126 e. The van der Waals surface area contributed by atoms with Gasteiger partial charge in [-0.3, -0.25) is 0 Å². The molecule has 17 heavy (non-hydrogen) atoms. The molecule has 2 atom stereocenters. The van der Waals surface area contributed by atoms with Crippen LogP contribution in [0.4, 0.5) is 5.82 Å². The van der Waals surface area contributed by atoms with Crippen LogP contribution in [0.5, 0.6) is 0 Å². The first-order chi connectivity index (χ1) is 8.33. The van der Waals surface area contributed by atoms with E-state index in [1.54, 1.807) is 6.20 Å². The molecule has 0 saturated heterocycles. The number of rotatable bonds is 4. The molecular formula is C13H17N3S. The lowest BCUT2D eigenvalue weighted by Crippen LogP contribution is -2.26. The molecule has 3 nitrogen and oxygen atoms in total. The van der Waals surface area contributed by atoms with Crippen LogP contribution in [-0.2, 0) is 0 Å². The SMILES string of the molecule is CCS[C@H]1CCC[C@@H]1Nc1ccc(C#N)cn1. The number of thioether (sulfide) groups is 1. The van der Waals surface area contributed by atoms with Crippen LogP contribution in [0.15, 0.2) is 18.3 Å². The Hall–Kier alpha value is -1.21. The molecule has 1 N–H and O–H groups in total. The Morgan fingerprint density at radius 3 is 3.06 bits per heavy atom. The summed E-state index contributed by atoms with van der Waals surface area (Å²) in [4.78, 5) is 4.26. The molecule has 1 fully saturated rings. The van der Waals surface area contributed by atoms with Crippen molar-refractivity contribution in [1.29, 1.82) is 5.26 Å². The van der Waals surface area contributed by atoms with E-state index >= 15 is 0 Å². The number of anilines is 1. The summed E-state index contributed by atoms with van der Waals surface area (Å²) in [6.45, 7) is 2.21. The van der Waals surface area contributed by atoms with Gasteiger partial charge in [0.2, 0.25) is 0 Å². The molecule has 0 aliphatic heterocycles. The van der Waals surface area contributed by atoms with Gasteiger partial charge in [0.15, 0.2) is 0 Å². The number of hydrogen-bond donors (Lipinski definition) is 1. The van der Waals surface area contributed by atoms with Gasteiger partial charge in [0.05, 0.1) is 5.56 Å². The van der Waals surface area contributed by atoms with Crippen LogP contribution < -0.4 is 5.32 Å². The monoisotopic (exact) mass is 247 g/mol. The second-order valence-electron chi connectivity index (χ2n) is 4.22. The largest absolute Gasteiger partial charge is 0.366 e. The molecule has 0 bridgehead atoms. The summed E-state index contributed by atoms with van der Waals surface area (Å²) in [5.41, 5.74) is 0.612. The predicted molar refractivity (Wildman–Crippen MR) is 72.1 cm³/mol. The standard InChI is InChI=1S/C13H17N3S/c1-2-17-12-5-3-4-11(12)16-13-7-6-10(8-14)9-15-13/h6-7,9,11-12H,2-5H2,1H3,(H,15,16)/t11-,12-/m0/s1. The molecule has 1 saturated carbocycles. The van der Waals surface area contributed by atoms with E-state index in [0.29, 0.717) is 16.9 Å². The highest BCUT2D eigenvalue weighted by Gasteiger charge is 2.27. The first-order valence-corrected chi connectivity index (χ1v) is 7.12. The maximum absolute atomic E-state index is 8.71. The third kappa shape index (κ3) is 3.13. The van der Waals surface area contributed by atoms with Crippen molar-refractivity contribution < 1.29 is 0 Å². The van der Waals surface area contributed by atoms with Crippen LogP contribution >= 0.6 is 11.8 Å². The molecular weight excluding hydrogens is 230 g/mol. The number of nitrogens with one attached hydrogen (secondary N) is 1. The second kappa shape index (κ2) is 5.92. The first kappa shape index (κ1) is 12.3. The summed E-state index contributed by atoms with van der Waals surface area (Å²) < 4.78 is 0. The van der Waals surface area contributed by atoms with Crippen molar-refractivity contribution in [1.82, 2.24) is 4.98 Å². The van der Waals surface area contributed by atoms with E-state index in [1.165, 1.54) is 25.0 Å². The van der Waals surface area contributed by atoms with Crippen LogP contribution in [0.25, 0.3) is 0 Å². The fourth-order valence-corrected chi connectivity index (χ4v) is 3.44. The minimum absolute atomic E-state index is 0.528. The fourth-order valence-electron chi connectivity index (χ4n) is 2.24. The molecule has 0 amide bonds. The van der Waals surface area contributed by atoms with Gasteiger partial charge in [0.1, 0.15) is 11.9 Å². The van der Waals surface area contributed by atoms with Crippen LogP contribution in [0.1, 0.15) is 31.7 Å². The predicted octanol–water partition coefficient (Wildman–Crippen LogP) is 3.04. The molecule has 90 valence electrons. The van der Waals surface area contributed by atoms with Gasteiger partial charge in [-0.15, -0.1) is 0 Å². The minimum atomic E-state index is 0.528. The Labute approximate surface area is 107 Å². The Balaban J connectivity index is 1.97. The lowest BCUT2D eigenvalue weighted by atomic mass is 10.2. The van der Waals surface area contributed by atoms with Crippen molar-refractivity contribution >= 4 is 17.6 Å². The summed E-state index contributed by atoms with van der Waals surface area (Å²) in [7, 11) is 0. The van der Waals surface area contributed by atoms with Crippen LogP contribution in [0, 0.1) is 11.3 Å². The number of hydrogen-bond acceptors (Lipinski definition) is 4. The Morgan fingerprint density at radius 1 is 1.53 bits per heavy atom. The number of aromatic nitrogens is 1. The second-order valence-corrected chi connectivity index (χ2v) is 5.74. The van der Waals surface area contributed by atoms with E-state index < -0.39 is 0 Å². The van der Waals surface area contributed by atoms with E-state index in [9.17, 15) is 0 Å². The average Bonchev–Trinajstić information content (AvgIpc) is 2.78. The molecule has 1 aromatic rings. The van der Waals surface area contributed by atoms with E-state index in [1.807, 2.05) is 23.9 Å². The average molecular weight is 247 g/mol. The fraction of sp³-hybridized carbons (Fsp3) is 0.538. The molecule has 4 heteroatoms. The van der Waals surface area contributed by atoms with Crippen molar-refractivity contribution in [3.63, 3.8) is 0 Å². The Bertz CT molecular complexity index is 396. The molecule has 0 spiro atoms. The summed E-state index contributed by atoms with van der Waals surface area (Å²) in [6, 6.07) is 6.32. The van der Waals surface area contributed by atoms with Gasteiger partial charge in [0, 0.05) is 17.5 Å². The van der Waals surface area contributed by atoms with Gasteiger partial charge < -0.3 is 5.32 Å². The van der Waals surface area contributed by atoms with Crippen LogP contribution in [0.2, 0.25) is 0 Å². The molecule has 2 rings (SSSR count). The minimum Gasteiger partial charge on any atom is -0.366 e.